The Kier molecular flexibility index (Phi) is 4.98. The molecular weight excluding hydrogens is 313 g/mol. The van der Waals surface area contributed by atoms with Crippen molar-refractivity contribution in [1.82, 2.24) is 9.55 Å². The van der Waals surface area contributed by atoms with E-state index in [0.29, 0.717) is 27.8 Å². The number of benzene rings is 1. The normalized spacial score (nSPS) is 10.4. The van der Waals surface area contributed by atoms with Crippen LogP contribution in [0.5, 0.6) is 0 Å². The van der Waals surface area contributed by atoms with Crippen molar-refractivity contribution in [3.05, 3.63) is 56.7 Å². The Morgan fingerprint density at radius 3 is 2.67 bits per heavy atom. The number of carbonyl (C=O) groups excluding carboxylic acids is 1. The molecule has 0 bridgehead atoms. The van der Waals surface area contributed by atoms with Crippen molar-refractivity contribution in [3.8, 4) is 0 Å². The fourth-order valence-corrected chi connectivity index (χ4v) is 2.00. The molecule has 21 heavy (non-hydrogen) atoms. The zero-order valence-corrected chi connectivity index (χ0v) is 12.8. The number of halogens is 2. The molecule has 5 nitrogen and oxygen atoms in total. The van der Waals surface area contributed by atoms with Gasteiger partial charge in [-0.2, -0.15) is 0 Å². The molecule has 1 N–H and O–H groups in total. The standard InChI is InChI=1S/C14H13Cl2N3O2/c1-2-9-6-14(21)19(8-17-9)7-13(20)18-10-3-4-11(15)12(16)5-10/h3-6,8H,2,7H2,1H3,(H,18,20). The number of nitrogens with zero attached hydrogens (tertiary/aromatic N) is 2. The molecule has 0 aliphatic heterocycles. The number of nitrogens with one attached hydrogen (secondary N) is 1. The van der Waals surface area contributed by atoms with E-state index in [0.717, 1.165) is 0 Å². The van der Waals surface area contributed by atoms with Crippen molar-refractivity contribution >= 4 is 34.8 Å². The van der Waals surface area contributed by atoms with E-state index in [1.54, 1.807) is 18.2 Å². The topological polar surface area (TPSA) is 64.0 Å². The zero-order valence-electron chi connectivity index (χ0n) is 11.3. The monoisotopic (exact) mass is 325 g/mol. The van der Waals surface area contributed by atoms with E-state index in [2.05, 4.69) is 10.3 Å². The summed E-state index contributed by atoms with van der Waals surface area (Å²) in [6.45, 7) is 1.79. The number of carbonyl (C=O) groups is 1. The molecule has 0 saturated carbocycles. The molecule has 0 radical (unpaired) electrons. The van der Waals surface area contributed by atoms with Gasteiger partial charge in [-0.25, -0.2) is 4.98 Å². The lowest BCUT2D eigenvalue weighted by atomic mass is 10.3. The van der Waals surface area contributed by atoms with Gasteiger partial charge in [-0.1, -0.05) is 30.1 Å². The van der Waals surface area contributed by atoms with Gasteiger partial charge in [0, 0.05) is 17.4 Å². The number of hydrogen-bond donors (Lipinski definition) is 1. The Morgan fingerprint density at radius 2 is 2.05 bits per heavy atom. The van der Waals surface area contributed by atoms with Crippen molar-refractivity contribution in [2.45, 2.75) is 19.9 Å². The van der Waals surface area contributed by atoms with Crippen LogP contribution in [0, 0.1) is 0 Å². The molecule has 0 aliphatic rings. The highest BCUT2D eigenvalue weighted by molar-refractivity contribution is 6.42. The number of hydrogen-bond acceptors (Lipinski definition) is 3. The first-order valence-electron chi connectivity index (χ1n) is 6.30. The fourth-order valence-electron chi connectivity index (χ4n) is 1.70. The van der Waals surface area contributed by atoms with Crippen LogP contribution in [0.1, 0.15) is 12.6 Å². The van der Waals surface area contributed by atoms with Crippen molar-refractivity contribution in [2.75, 3.05) is 5.32 Å². The highest BCUT2D eigenvalue weighted by Gasteiger charge is 2.07. The van der Waals surface area contributed by atoms with Gasteiger partial charge in [-0.05, 0) is 24.6 Å². The van der Waals surface area contributed by atoms with Gasteiger partial charge in [0.05, 0.1) is 16.4 Å². The lowest BCUT2D eigenvalue weighted by molar-refractivity contribution is -0.116. The summed E-state index contributed by atoms with van der Waals surface area (Å²) in [4.78, 5) is 27.8. The first-order valence-corrected chi connectivity index (χ1v) is 7.05. The van der Waals surface area contributed by atoms with Crippen LogP contribution < -0.4 is 10.9 Å². The Balaban J connectivity index is 2.08. The van der Waals surface area contributed by atoms with E-state index < -0.39 is 0 Å². The predicted octanol–water partition coefficient (Wildman–Crippen LogP) is 2.75. The summed E-state index contributed by atoms with van der Waals surface area (Å²) in [6, 6.07) is 6.19. The third-order valence-corrected chi connectivity index (χ3v) is 3.55. The van der Waals surface area contributed by atoms with Gasteiger partial charge in [-0.3, -0.25) is 14.2 Å². The van der Waals surface area contributed by atoms with E-state index in [4.69, 9.17) is 23.2 Å². The largest absolute Gasteiger partial charge is 0.324 e. The van der Waals surface area contributed by atoms with Gasteiger partial charge in [0.1, 0.15) is 6.54 Å². The van der Waals surface area contributed by atoms with Crippen LogP contribution in [0.25, 0.3) is 0 Å². The molecule has 0 spiro atoms. The first-order chi connectivity index (χ1) is 9.99. The Hall–Kier alpha value is -1.85. The Morgan fingerprint density at radius 1 is 1.29 bits per heavy atom. The van der Waals surface area contributed by atoms with Crippen LogP contribution in [0.3, 0.4) is 0 Å². The van der Waals surface area contributed by atoms with E-state index in [-0.39, 0.29) is 18.0 Å². The molecule has 1 aromatic carbocycles. The van der Waals surface area contributed by atoms with Gasteiger partial charge >= 0.3 is 0 Å². The lowest BCUT2D eigenvalue weighted by Gasteiger charge is -2.08. The van der Waals surface area contributed by atoms with Crippen LogP contribution in [-0.2, 0) is 17.8 Å². The van der Waals surface area contributed by atoms with Gasteiger partial charge < -0.3 is 5.32 Å². The van der Waals surface area contributed by atoms with Crippen molar-refractivity contribution in [1.29, 1.82) is 0 Å². The van der Waals surface area contributed by atoms with Gasteiger partial charge in [0.25, 0.3) is 5.56 Å². The Bertz CT molecular complexity index is 728. The van der Waals surface area contributed by atoms with Gasteiger partial charge in [0.2, 0.25) is 5.91 Å². The summed E-state index contributed by atoms with van der Waals surface area (Å²) in [7, 11) is 0. The van der Waals surface area contributed by atoms with Crippen molar-refractivity contribution < 1.29 is 4.79 Å². The van der Waals surface area contributed by atoms with Crippen LogP contribution in [-0.4, -0.2) is 15.5 Å². The molecular formula is C14H13Cl2N3O2. The van der Waals surface area contributed by atoms with E-state index >= 15 is 0 Å². The van der Waals surface area contributed by atoms with E-state index in [9.17, 15) is 9.59 Å². The molecule has 0 saturated heterocycles. The Labute approximate surface area is 131 Å². The summed E-state index contributed by atoms with van der Waals surface area (Å²) in [5, 5.41) is 3.40. The smallest absolute Gasteiger partial charge is 0.253 e. The van der Waals surface area contributed by atoms with Gasteiger partial charge in [0.15, 0.2) is 0 Å². The number of aryl methyl sites for hydroxylation is 1. The summed E-state index contributed by atoms with van der Waals surface area (Å²) in [6.07, 6.45) is 2.04. The molecule has 1 heterocycles. The summed E-state index contributed by atoms with van der Waals surface area (Å²) in [5.74, 6) is -0.346. The molecule has 2 rings (SSSR count). The van der Waals surface area contributed by atoms with Crippen molar-refractivity contribution in [3.63, 3.8) is 0 Å². The van der Waals surface area contributed by atoms with Crippen LogP contribution in [0.15, 0.2) is 35.4 Å². The predicted molar refractivity (Wildman–Crippen MR) is 83.0 cm³/mol. The second-order valence-corrected chi connectivity index (χ2v) is 5.19. The van der Waals surface area contributed by atoms with E-state index in [1.807, 2.05) is 6.92 Å². The molecule has 7 heteroatoms. The maximum atomic E-state index is 11.9. The third-order valence-electron chi connectivity index (χ3n) is 2.82. The highest BCUT2D eigenvalue weighted by atomic mass is 35.5. The molecule has 2 aromatic rings. The quantitative estimate of drug-likeness (QED) is 0.940. The molecule has 0 unspecified atom stereocenters. The number of anilines is 1. The average molecular weight is 326 g/mol. The summed E-state index contributed by atoms with van der Waals surface area (Å²) >= 11 is 11.7. The third kappa shape index (κ3) is 4.06. The minimum Gasteiger partial charge on any atom is -0.324 e. The minimum absolute atomic E-state index is 0.115. The zero-order chi connectivity index (χ0) is 15.4. The maximum Gasteiger partial charge on any atom is 0.253 e. The SMILES string of the molecule is CCc1cc(=O)n(CC(=O)Nc2ccc(Cl)c(Cl)c2)cn1. The number of amides is 1. The first kappa shape index (κ1) is 15.5. The molecule has 0 fully saturated rings. The molecule has 0 aliphatic carbocycles. The van der Waals surface area contributed by atoms with E-state index in [1.165, 1.54) is 17.0 Å². The van der Waals surface area contributed by atoms with Crippen molar-refractivity contribution in [2.24, 2.45) is 0 Å². The van der Waals surface area contributed by atoms with Crippen LogP contribution in [0.4, 0.5) is 5.69 Å². The molecule has 110 valence electrons. The lowest BCUT2D eigenvalue weighted by Crippen LogP contribution is -2.27. The maximum absolute atomic E-state index is 11.9. The molecule has 1 aromatic heterocycles. The fraction of sp³-hybridized carbons (Fsp3) is 0.214. The van der Waals surface area contributed by atoms with Crippen LogP contribution in [0.2, 0.25) is 10.0 Å². The summed E-state index contributed by atoms with van der Waals surface area (Å²) < 4.78 is 1.24. The average Bonchev–Trinajstić information content (AvgIpc) is 2.45. The minimum atomic E-state index is -0.346. The van der Waals surface area contributed by atoms with Crippen LogP contribution >= 0.6 is 23.2 Å². The summed E-state index contributed by atoms with van der Waals surface area (Å²) in [5.41, 5.74) is 0.952. The molecule has 0 atom stereocenters. The second kappa shape index (κ2) is 6.74. The number of rotatable bonds is 4. The number of aromatic nitrogens is 2. The van der Waals surface area contributed by atoms with Gasteiger partial charge in [-0.15, -0.1) is 0 Å². The highest BCUT2D eigenvalue weighted by Crippen LogP contribution is 2.24. The molecule has 1 amide bonds. The second-order valence-electron chi connectivity index (χ2n) is 4.38.